The number of carboxylic acids is 1. The van der Waals surface area contributed by atoms with Crippen LogP contribution in [-0.4, -0.2) is 29.3 Å². The van der Waals surface area contributed by atoms with E-state index in [0.29, 0.717) is 17.1 Å². The second-order valence-corrected chi connectivity index (χ2v) is 5.85. The molecule has 0 amide bonds. The minimum absolute atomic E-state index is 0.0931. The highest BCUT2D eigenvalue weighted by Gasteiger charge is 2.18. The maximum Gasteiger partial charge on any atom is 0.387 e. The monoisotopic (exact) mass is 404 g/mol. The number of aromatic nitrogens is 1. The van der Waals surface area contributed by atoms with Gasteiger partial charge < -0.3 is 23.9 Å². The van der Waals surface area contributed by atoms with Crippen molar-refractivity contribution in [2.24, 2.45) is 0 Å². The van der Waals surface area contributed by atoms with Gasteiger partial charge in [0, 0.05) is 17.4 Å². The number of benzene rings is 2. The highest BCUT2D eigenvalue weighted by Crippen LogP contribution is 2.36. The van der Waals surface area contributed by atoms with Gasteiger partial charge in [-0.1, -0.05) is 6.07 Å². The second-order valence-electron chi connectivity index (χ2n) is 5.85. The van der Waals surface area contributed by atoms with E-state index in [0.717, 1.165) is 0 Å². The summed E-state index contributed by atoms with van der Waals surface area (Å²) in [7, 11) is 0. The van der Waals surface area contributed by atoms with Crippen LogP contribution < -0.4 is 14.4 Å². The van der Waals surface area contributed by atoms with E-state index in [1.807, 2.05) is 0 Å². The molecule has 29 heavy (non-hydrogen) atoms. The van der Waals surface area contributed by atoms with E-state index in [-0.39, 0.29) is 30.2 Å². The van der Waals surface area contributed by atoms with Crippen LogP contribution in [0.25, 0.3) is 0 Å². The molecule has 1 N–H and O–H groups in total. The van der Waals surface area contributed by atoms with E-state index in [1.54, 1.807) is 36.1 Å². The summed E-state index contributed by atoms with van der Waals surface area (Å²) in [6, 6.07) is 10.8. The lowest BCUT2D eigenvalue weighted by Gasteiger charge is -2.25. The number of alkyl halides is 2. The summed E-state index contributed by atoms with van der Waals surface area (Å²) in [6.45, 7) is -0.789. The Kier molecular flexibility index (Phi) is 6.28. The van der Waals surface area contributed by atoms with Crippen molar-refractivity contribution in [3.05, 3.63) is 66.4 Å². The summed E-state index contributed by atoms with van der Waals surface area (Å²) in [5.41, 5.74) is 1.23. The number of anilines is 2. The van der Waals surface area contributed by atoms with Crippen LogP contribution in [0, 0.1) is 0 Å². The van der Waals surface area contributed by atoms with Crippen LogP contribution in [-0.2, 0) is 6.54 Å². The van der Waals surface area contributed by atoms with Crippen LogP contribution in [0.15, 0.2) is 59.5 Å². The molecule has 3 rings (SSSR count). The van der Waals surface area contributed by atoms with Gasteiger partial charge in [0.05, 0.1) is 24.9 Å². The number of aromatic carboxylic acids is 1. The van der Waals surface area contributed by atoms with Gasteiger partial charge in [0.1, 0.15) is 5.76 Å². The van der Waals surface area contributed by atoms with E-state index in [2.05, 4.69) is 9.72 Å². The largest absolute Gasteiger partial charge is 0.490 e. The van der Waals surface area contributed by atoms with Crippen LogP contribution in [0.2, 0.25) is 0 Å². The average molecular weight is 404 g/mol. The summed E-state index contributed by atoms with van der Waals surface area (Å²) in [5, 5.41) is 9.30. The van der Waals surface area contributed by atoms with Gasteiger partial charge in [-0.05, 0) is 37.3 Å². The summed E-state index contributed by atoms with van der Waals surface area (Å²) < 4.78 is 40.6. The number of oxazole rings is 1. The number of hydrogen-bond donors (Lipinski definition) is 1. The Morgan fingerprint density at radius 1 is 1.21 bits per heavy atom. The molecule has 0 radical (unpaired) electrons. The fraction of sp³-hybridized carbons (Fsp3) is 0.200. The van der Waals surface area contributed by atoms with Crippen molar-refractivity contribution < 1.29 is 32.6 Å². The van der Waals surface area contributed by atoms with Crippen molar-refractivity contribution in [2.45, 2.75) is 20.1 Å². The highest BCUT2D eigenvalue weighted by molar-refractivity contribution is 5.89. The molecule has 0 atom stereocenters. The Balaban J connectivity index is 2.05. The summed E-state index contributed by atoms with van der Waals surface area (Å²) >= 11 is 0. The third kappa shape index (κ3) is 5.01. The quantitative estimate of drug-likeness (QED) is 0.553. The molecule has 2 aromatic carbocycles. The Labute approximate surface area is 165 Å². The second kappa shape index (κ2) is 9.05. The number of ether oxygens (including phenoxy) is 2. The third-order valence-electron chi connectivity index (χ3n) is 3.96. The SMILES string of the molecule is CCOc1cc(N(Cc2cnco2)c2cccc(C(=O)O)c2)ccc1OC(F)F. The molecule has 9 heteroatoms. The fourth-order valence-corrected chi connectivity index (χ4v) is 2.74. The molecule has 1 heterocycles. The zero-order valence-corrected chi connectivity index (χ0v) is 15.4. The van der Waals surface area contributed by atoms with Crippen molar-refractivity contribution in [2.75, 3.05) is 11.5 Å². The van der Waals surface area contributed by atoms with Gasteiger partial charge in [-0.2, -0.15) is 8.78 Å². The van der Waals surface area contributed by atoms with Crippen molar-refractivity contribution in [3.8, 4) is 11.5 Å². The standard InChI is InChI=1S/C20H18F2N2O5/c1-2-27-18-9-15(6-7-17(18)29-20(21)22)24(11-16-10-23-12-28-16)14-5-3-4-13(8-14)19(25)26/h3-10,12,20H,2,11H2,1H3,(H,25,26). The molecule has 0 aliphatic carbocycles. The van der Waals surface area contributed by atoms with Crippen LogP contribution in [0.4, 0.5) is 20.2 Å². The summed E-state index contributed by atoms with van der Waals surface area (Å²) in [5.74, 6) is -0.495. The molecule has 0 saturated heterocycles. The number of rotatable bonds is 9. The molecule has 1 aromatic heterocycles. The van der Waals surface area contributed by atoms with Crippen LogP contribution >= 0.6 is 0 Å². The minimum atomic E-state index is -2.99. The van der Waals surface area contributed by atoms with Crippen LogP contribution in [0.3, 0.4) is 0 Å². The first-order chi connectivity index (χ1) is 14.0. The molecule has 0 spiro atoms. The molecule has 7 nitrogen and oxygen atoms in total. The number of halogens is 2. The first kappa shape index (κ1) is 20.1. The van der Waals surface area contributed by atoms with Gasteiger partial charge in [-0.3, -0.25) is 0 Å². The van der Waals surface area contributed by atoms with Crippen molar-refractivity contribution in [1.29, 1.82) is 0 Å². The number of carbonyl (C=O) groups is 1. The van der Waals surface area contributed by atoms with Gasteiger partial charge >= 0.3 is 12.6 Å². The average Bonchev–Trinajstić information content (AvgIpc) is 3.21. The molecule has 0 aliphatic heterocycles. The van der Waals surface area contributed by atoms with Gasteiger partial charge in [0.15, 0.2) is 17.9 Å². The molecule has 0 saturated carbocycles. The molecular weight excluding hydrogens is 386 g/mol. The lowest BCUT2D eigenvalue weighted by atomic mass is 10.1. The van der Waals surface area contributed by atoms with Crippen LogP contribution in [0.5, 0.6) is 11.5 Å². The lowest BCUT2D eigenvalue weighted by Crippen LogP contribution is -2.17. The Bertz CT molecular complexity index is 963. The normalized spacial score (nSPS) is 10.8. The molecule has 152 valence electrons. The fourth-order valence-electron chi connectivity index (χ4n) is 2.74. The summed E-state index contributed by atoms with van der Waals surface area (Å²) in [4.78, 5) is 17.0. The van der Waals surface area contributed by atoms with Gasteiger partial charge in [-0.25, -0.2) is 9.78 Å². The predicted octanol–water partition coefficient (Wildman–Crippen LogP) is 4.71. The molecule has 0 bridgehead atoms. The van der Waals surface area contributed by atoms with Gasteiger partial charge in [0.25, 0.3) is 0 Å². The Morgan fingerprint density at radius 3 is 2.66 bits per heavy atom. The number of nitrogens with zero attached hydrogens (tertiary/aromatic N) is 2. The van der Waals surface area contributed by atoms with Crippen molar-refractivity contribution in [1.82, 2.24) is 4.98 Å². The molecule has 0 aliphatic rings. The van der Waals surface area contributed by atoms with E-state index < -0.39 is 12.6 Å². The number of carboxylic acid groups (broad SMARTS) is 1. The summed E-state index contributed by atoms with van der Waals surface area (Å²) in [6.07, 6.45) is 2.82. The molecule has 0 fully saturated rings. The van der Waals surface area contributed by atoms with E-state index in [4.69, 9.17) is 9.15 Å². The first-order valence-electron chi connectivity index (χ1n) is 8.68. The Morgan fingerprint density at radius 2 is 2.00 bits per heavy atom. The van der Waals surface area contributed by atoms with Gasteiger partial charge in [0.2, 0.25) is 0 Å². The zero-order chi connectivity index (χ0) is 20.8. The van der Waals surface area contributed by atoms with E-state index in [9.17, 15) is 18.7 Å². The zero-order valence-electron chi connectivity index (χ0n) is 15.4. The maximum atomic E-state index is 12.7. The molecular formula is C20H18F2N2O5. The molecule has 3 aromatic rings. The smallest absolute Gasteiger partial charge is 0.387 e. The Hall–Kier alpha value is -3.62. The first-order valence-corrected chi connectivity index (χ1v) is 8.68. The van der Waals surface area contributed by atoms with Crippen molar-refractivity contribution in [3.63, 3.8) is 0 Å². The van der Waals surface area contributed by atoms with Crippen LogP contribution in [0.1, 0.15) is 23.0 Å². The lowest BCUT2D eigenvalue weighted by molar-refractivity contribution is -0.0514. The number of hydrogen-bond acceptors (Lipinski definition) is 6. The van der Waals surface area contributed by atoms with E-state index in [1.165, 1.54) is 30.8 Å². The molecule has 0 unspecified atom stereocenters. The highest BCUT2D eigenvalue weighted by atomic mass is 19.3. The van der Waals surface area contributed by atoms with E-state index >= 15 is 0 Å². The van der Waals surface area contributed by atoms with Gasteiger partial charge in [-0.15, -0.1) is 0 Å². The van der Waals surface area contributed by atoms with Crippen molar-refractivity contribution >= 4 is 17.3 Å². The minimum Gasteiger partial charge on any atom is -0.490 e. The third-order valence-corrected chi connectivity index (χ3v) is 3.96. The predicted molar refractivity (Wildman–Crippen MR) is 100.0 cm³/mol. The topological polar surface area (TPSA) is 85.0 Å². The maximum absolute atomic E-state index is 12.7.